The van der Waals surface area contributed by atoms with E-state index in [1.54, 1.807) is 0 Å². The Morgan fingerprint density at radius 2 is 1.39 bits per heavy atom. The summed E-state index contributed by atoms with van der Waals surface area (Å²) in [5, 5.41) is 0. The van der Waals surface area contributed by atoms with Crippen LogP contribution in [0.15, 0.2) is 41.1 Å². The molecule has 0 N–H and O–H groups in total. The van der Waals surface area contributed by atoms with Crippen LogP contribution in [0.1, 0.15) is 62.3 Å². The van der Waals surface area contributed by atoms with Crippen LogP contribution in [0.25, 0.3) is 0 Å². The van der Waals surface area contributed by atoms with Crippen LogP contribution in [0.5, 0.6) is 0 Å². The van der Waals surface area contributed by atoms with E-state index < -0.39 is 0 Å². The fourth-order valence-corrected chi connectivity index (χ4v) is 0.816. The minimum atomic E-state index is 0.446. The SMILES string of the molecule is C=C(C)/C=C\C(=NC=C(C)C)C(C)C.CC.CC. The third-order valence-electron chi connectivity index (χ3n) is 1.60. The van der Waals surface area contributed by atoms with Gasteiger partial charge in [-0.3, -0.25) is 4.99 Å². The van der Waals surface area contributed by atoms with Crippen LogP contribution in [0.4, 0.5) is 0 Å². The van der Waals surface area contributed by atoms with Crippen LogP contribution in [0.3, 0.4) is 0 Å². The Hall–Kier alpha value is -1.11. The van der Waals surface area contributed by atoms with Gasteiger partial charge in [-0.05, 0) is 32.8 Å². The summed E-state index contributed by atoms with van der Waals surface area (Å²) >= 11 is 0. The second-order valence-electron chi connectivity index (χ2n) is 4.09. The van der Waals surface area contributed by atoms with E-state index in [2.05, 4.69) is 25.4 Å². The zero-order valence-corrected chi connectivity index (χ0v) is 14.0. The number of aliphatic imine (C=N–C) groups is 1. The summed E-state index contributed by atoms with van der Waals surface area (Å²) in [7, 11) is 0. The van der Waals surface area contributed by atoms with Crippen molar-refractivity contribution in [3.8, 4) is 0 Å². The summed E-state index contributed by atoms with van der Waals surface area (Å²) in [5.74, 6) is 0.446. The fourth-order valence-electron chi connectivity index (χ4n) is 0.816. The Bertz CT molecular complexity index is 274. The van der Waals surface area contributed by atoms with Crippen LogP contribution < -0.4 is 0 Å². The predicted octanol–water partition coefficient (Wildman–Crippen LogP) is 6.19. The summed E-state index contributed by atoms with van der Waals surface area (Å²) in [6.45, 7) is 22.2. The van der Waals surface area contributed by atoms with Crippen LogP contribution >= 0.6 is 0 Å². The molecule has 0 saturated carbocycles. The average Bonchev–Trinajstić information content (AvgIpc) is 2.33. The van der Waals surface area contributed by atoms with Gasteiger partial charge in [-0.25, -0.2) is 0 Å². The molecule has 0 amide bonds. The lowest BCUT2D eigenvalue weighted by Crippen LogP contribution is -2.03. The van der Waals surface area contributed by atoms with Crippen LogP contribution in [-0.2, 0) is 0 Å². The average molecular weight is 251 g/mol. The highest BCUT2D eigenvalue weighted by Crippen LogP contribution is 2.03. The van der Waals surface area contributed by atoms with Gasteiger partial charge in [0.1, 0.15) is 0 Å². The molecule has 0 aliphatic carbocycles. The molecule has 0 bridgehead atoms. The standard InChI is InChI=1S/C13H21N.2C2H6/c1-10(2)7-8-13(12(5)6)14-9-11(3)4;2*1-2/h7-9,12H,1H2,2-6H3;2*1-2H3/b8-7-,14-13?;;. The molecule has 0 unspecified atom stereocenters. The highest BCUT2D eigenvalue weighted by molar-refractivity contribution is 5.97. The summed E-state index contributed by atoms with van der Waals surface area (Å²) < 4.78 is 0. The number of hydrogen-bond donors (Lipinski definition) is 0. The minimum Gasteiger partial charge on any atom is -0.261 e. The zero-order chi connectivity index (χ0) is 15.1. The predicted molar refractivity (Wildman–Crippen MR) is 88.4 cm³/mol. The molecule has 1 heteroatoms. The topological polar surface area (TPSA) is 12.4 Å². The number of nitrogens with zero attached hydrogens (tertiary/aromatic N) is 1. The number of allylic oxidation sites excluding steroid dienone is 4. The van der Waals surface area contributed by atoms with Crippen molar-refractivity contribution in [1.29, 1.82) is 0 Å². The van der Waals surface area contributed by atoms with Crippen LogP contribution in [0, 0.1) is 5.92 Å². The lowest BCUT2D eigenvalue weighted by Gasteiger charge is -2.03. The largest absolute Gasteiger partial charge is 0.261 e. The van der Waals surface area contributed by atoms with E-state index in [0.717, 1.165) is 11.3 Å². The van der Waals surface area contributed by atoms with Gasteiger partial charge in [-0.15, -0.1) is 0 Å². The van der Waals surface area contributed by atoms with Crippen molar-refractivity contribution >= 4 is 5.71 Å². The lowest BCUT2D eigenvalue weighted by molar-refractivity contribution is 0.888. The molecule has 0 heterocycles. The molecule has 0 aliphatic rings. The minimum absolute atomic E-state index is 0.446. The highest BCUT2D eigenvalue weighted by atomic mass is 14.7. The van der Waals surface area contributed by atoms with Crippen molar-refractivity contribution in [2.24, 2.45) is 10.9 Å². The normalized spacial score (nSPS) is 10.2. The molecule has 0 fully saturated rings. The van der Waals surface area contributed by atoms with Gasteiger partial charge in [-0.2, -0.15) is 0 Å². The van der Waals surface area contributed by atoms with E-state index in [9.17, 15) is 0 Å². The summed E-state index contributed by atoms with van der Waals surface area (Å²) in [6.07, 6.45) is 5.93. The molecule has 0 saturated heterocycles. The van der Waals surface area contributed by atoms with E-state index in [0.29, 0.717) is 5.92 Å². The first-order chi connectivity index (χ1) is 8.43. The molecule has 0 spiro atoms. The van der Waals surface area contributed by atoms with Crippen molar-refractivity contribution in [3.05, 3.63) is 36.1 Å². The van der Waals surface area contributed by atoms with Crippen molar-refractivity contribution in [3.63, 3.8) is 0 Å². The Morgan fingerprint density at radius 3 is 1.67 bits per heavy atom. The van der Waals surface area contributed by atoms with E-state index >= 15 is 0 Å². The molecule has 0 atom stereocenters. The van der Waals surface area contributed by atoms with Crippen molar-refractivity contribution in [2.75, 3.05) is 0 Å². The Kier molecular flexibility index (Phi) is 19.5. The summed E-state index contributed by atoms with van der Waals surface area (Å²) in [6, 6.07) is 0. The Morgan fingerprint density at radius 1 is 0.944 bits per heavy atom. The molecule has 0 aromatic rings. The van der Waals surface area contributed by atoms with Crippen molar-refractivity contribution in [1.82, 2.24) is 0 Å². The third-order valence-corrected chi connectivity index (χ3v) is 1.60. The van der Waals surface area contributed by atoms with Gasteiger partial charge in [0.2, 0.25) is 0 Å². The van der Waals surface area contributed by atoms with Crippen molar-refractivity contribution in [2.45, 2.75) is 62.3 Å². The van der Waals surface area contributed by atoms with Gasteiger partial charge in [0.05, 0.1) is 0 Å². The molecule has 18 heavy (non-hydrogen) atoms. The summed E-state index contributed by atoms with van der Waals surface area (Å²) in [5.41, 5.74) is 3.36. The zero-order valence-electron chi connectivity index (χ0n) is 14.0. The quantitative estimate of drug-likeness (QED) is 0.417. The van der Waals surface area contributed by atoms with Crippen molar-refractivity contribution < 1.29 is 0 Å². The molecule has 0 aromatic heterocycles. The first kappa shape index (κ1) is 22.1. The van der Waals surface area contributed by atoms with Gasteiger partial charge in [0, 0.05) is 11.9 Å². The van der Waals surface area contributed by atoms with Crippen LogP contribution in [-0.4, -0.2) is 5.71 Å². The second-order valence-corrected chi connectivity index (χ2v) is 4.09. The highest BCUT2D eigenvalue weighted by Gasteiger charge is 1.98. The lowest BCUT2D eigenvalue weighted by atomic mass is 10.1. The van der Waals surface area contributed by atoms with Gasteiger partial charge in [-0.1, -0.05) is 65.3 Å². The maximum absolute atomic E-state index is 4.42. The molecule has 1 nitrogen and oxygen atoms in total. The number of rotatable bonds is 4. The summed E-state index contributed by atoms with van der Waals surface area (Å²) in [4.78, 5) is 4.42. The second kappa shape index (κ2) is 15.9. The molecular formula is C17H33N. The van der Waals surface area contributed by atoms with Gasteiger partial charge in [0.15, 0.2) is 0 Å². The van der Waals surface area contributed by atoms with E-state index in [4.69, 9.17) is 0 Å². The number of hydrogen-bond acceptors (Lipinski definition) is 1. The maximum atomic E-state index is 4.42. The molecular weight excluding hydrogens is 218 g/mol. The van der Waals surface area contributed by atoms with E-state index in [1.165, 1.54) is 5.57 Å². The first-order valence-electron chi connectivity index (χ1n) is 6.98. The molecule has 0 aliphatic heterocycles. The van der Waals surface area contributed by atoms with E-state index in [-0.39, 0.29) is 0 Å². The third kappa shape index (κ3) is 17.3. The Balaban J connectivity index is -0.000000506. The van der Waals surface area contributed by atoms with Gasteiger partial charge >= 0.3 is 0 Å². The molecule has 0 aromatic carbocycles. The molecule has 106 valence electrons. The van der Waals surface area contributed by atoms with E-state index in [1.807, 2.05) is 66.8 Å². The smallest absolute Gasteiger partial charge is 0.0429 e. The van der Waals surface area contributed by atoms with Crippen LogP contribution in [0.2, 0.25) is 0 Å². The van der Waals surface area contributed by atoms with Gasteiger partial charge < -0.3 is 0 Å². The monoisotopic (exact) mass is 251 g/mol. The first-order valence-corrected chi connectivity index (χ1v) is 6.98. The molecule has 0 rings (SSSR count). The fraction of sp³-hybridized carbons (Fsp3) is 0.588. The Labute approximate surface area is 115 Å². The maximum Gasteiger partial charge on any atom is 0.0429 e. The van der Waals surface area contributed by atoms with Gasteiger partial charge in [0.25, 0.3) is 0 Å². The molecule has 0 radical (unpaired) electrons.